The molecule has 0 aromatic heterocycles. The van der Waals surface area contributed by atoms with Gasteiger partial charge in [0.25, 0.3) is 0 Å². The van der Waals surface area contributed by atoms with Crippen molar-refractivity contribution in [2.75, 3.05) is 38.5 Å². The molecule has 3 N–H and O–H groups in total. The summed E-state index contributed by atoms with van der Waals surface area (Å²) in [4.78, 5) is 21.9. The zero-order valence-electron chi connectivity index (χ0n) is 20.6. The third-order valence-electron chi connectivity index (χ3n) is 8.01. The van der Waals surface area contributed by atoms with Crippen LogP contribution in [-0.2, 0) is 0 Å². The van der Waals surface area contributed by atoms with Crippen LogP contribution < -0.4 is 11.1 Å². The first-order valence-electron chi connectivity index (χ1n) is 13.1. The lowest BCUT2D eigenvalue weighted by Crippen LogP contribution is -2.49. The van der Waals surface area contributed by atoms with Crippen molar-refractivity contribution in [1.82, 2.24) is 9.80 Å². The molecular weight excluding hydrogens is 410 g/mol. The Kier molecular flexibility index (Phi) is 8.42. The normalized spacial score (nSPS) is 29.7. The Balaban J connectivity index is 1.38. The van der Waals surface area contributed by atoms with Crippen LogP contribution in [0.5, 0.6) is 0 Å². The largest absolute Gasteiger partial charge is 0.340 e. The van der Waals surface area contributed by atoms with E-state index >= 15 is 0 Å². The van der Waals surface area contributed by atoms with Gasteiger partial charge in [0.15, 0.2) is 11.7 Å². The molecule has 6 heteroatoms. The molecule has 0 bridgehead atoms. The third kappa shape index (κ3) is 7.03. The van der Waals surface area contributed by atoms with E-state index in [1.54, 1.807) is 6.92 Å². The van der Waals surface area contributed by atoms with Crippen molar-refractivity contribution < 1.29 is 4.79 Å². The van der Waals surface area contributed by atoms with Crippen molar-refractivity contribution >= 4 is 17.4 Å². The van der Waals surface area contributed by atoms with E-state index in [9.17, 15) is 4.79 Å². The van der Waals surface area contributed by atoms with Crippen molar-refractivity contribution in [3.05, 3.63) is 29.8 Å². The van der Waals surface area contributed by atoms with E-state index in [0.29, 0.717) is 12.1 Å². The number of nitrogens with zero attached hydrogens (tertiary/aromatic N) is 3. The monoisotopic (exact) mass is 453 g/mol. The summed E-state index contributed by atoms with van der Waals surface area (Å²) >= 11 is 0. The zero-order chi connectivity index (χ0) is 23.2. The van der Waals surface area contributed by atoms with Gasteiger partial charge in [0.05, 0.1) is 6.04 Å². The number of hydrogen-bond acceptors (Lipinski definition) is 4. The van der Waals surface area contributed by atoms with Gasteiger partial charge in [-0.1, -0.05) is 12.1 Å². The number of anilines is 1. The second-order valence-corrected chi connectivity index (χ2v) is 10.7. The average Bonchev–Trinajstić information content (AvgIpc) is 2.82. The predicted octanol–water partition coefficient (Wildman–Crippen LogP) is 4.37. The first-order chi connectivity index (χ1) is 16.0. The molecule has 2 saturated carbocycles. The zero-order valence-corrected chi connectivity index (χ0v) is 20.6. The van der Waals surface area contributed by atoms with E-state index in [1.165, 1.54) is 57.8 Å². The van der Waals surface area contributed by atoms with Gasteiger partial charge in [0.1, 0.15) is 0 Å². The van der Waals surface area contributed by atoms with Crippen LogP contribution in [-0.4, -0.2) is 66.9 Å². The number of carbonyl (C=O) groups excluding carboxylic acids is 1. The fourth-order valence-corrected chi connectivity index (χ4v) is 5.73. The Bertz CT molecular complexity index is 800. The Morgan fingerprint density at radius 3 is 2.27 bits per heavy atom. The molecule has 2 aliphatic carbocycles. The van der Waals surface area contributed by atoms with Crippen molar-refractivity contribution in [3.63, 3.8) is 0 Å². The van der Waals surface area contributed by atoms with Crippen LogP contribution in [0.25, 0.3) is 0 Å². The number of guanidine groups is 1. The lowest BCUT2D eigenvalue weighted by Gasteiger charge is -2.36. The topological polar surface area (TPSA) is 74.0 Å². The summed E-state index contributed by atoms with van der Waals surface area (Å²) in [5.74, 6) is 2.83. The van der Waals surface area contributed by atoms with Crippen molar-refractivity contribution in [1.29, 1.82) is 0 Å². The molecule has 1 aromatic rings. The molecule has 3 aliphatic rings. The first-order valence-corrected chi connectivity index (χ1v) is 13.1. The van der Waals surface area contributed by atoms with E-state index in [2.05, 4.69) is 22.2 Å². The molecule has 3 fully saturated rings. The number of likely N-dealkylation sites (N-methyl/N-ethyl adjacent to an activating group) is 1. The summed E-state index contributed by atoms with van der Waals surface area (Å²) in [5.41, 5.74) is 7.78. The summed E-state index contributed by atoms with van der Waals surface area (Å²) in [6.45, 7) is 5.68. The molecule has 6 nitrogen and oxygen atoms in total. The minimum Gasteiger partial charge on any atom is -0.340 e. The summed E-state index contributed by atoms with van der Waals surface area (Å²) in [5, 5.41) is 3.58. The molecule has 1 aliphatic heterocycles. The maximum absolute atomic E-state index is 11.8. The number of piperazine rings is 1. The minimum atomic E-state index is 0.0926. The fourth-order valence-electron chi connectivity index (χ4n) is 5.73. The fraction of sp³-hybridized carbons (Fsp3) is 0.704. The van der Waals surface area contributed by atoms with Crippen LogP contribution in [0.4, 0.5) is 5.69 Å². The molecule has 0 atom stereocenters. The van der Waals surface area contributed by atoms with E-state index < -0.39 is 0 Å². The molecule has 0 unspecified atom stereocenters. The number of aliphatic imine (C=N–C) groups is 1. The van der Waals surface area contributed by atoms with Crippen LogP contribution >= 0.6 is 0 Å². The van der Waals surface area contributed by atoms with Gasteiger partial charge < -0.3 is 20.9 Å². The van der Waals surface area contributed by atoms with Crippen LogP contribution in [0.15, 0.2) is 29.3 Å². The van der Waals surface area contributed by atoms with E-state index in [1.807, 2.05) is 24.3 Å². The minimum absolute atomic E-state index is 0.0926. The molecule has 0 spiro atoms. The Hall–Kier alpha value is -1.92. The highest BCUT2D eigenvalue weighted by Gasteiger charge is 2.27. The highest BCUT2D eigenvalue weighted by Crippen LogP contribution is 2.36. The molecule has 1 heterocycles. The lowest BCUT2D eigenvalue weighted by atomic mass is 9.76. The third-order valence-corrected chi connectivity index (χ3v) is 8.01. The Morgan fingerprint density at radius 2 is 1.64 bits per heavy atom. The number of rotatable bonds is 5. The standard InChI is InChI=1S/C27H43N5O/c1-20(33)23-4-3-5-26(19-23)30-27(32-16-14-31(2)15-17-32)29-25-12-8-22(9-13-25)18-21-6-10-24(28)11-7-21/h3-5,19,21-22,24-25H,6-18,28H2,1-2H3,(H,29,30). The van der Waals surface area contributed by atoms with Gasteiger partial charge in [0.2, 0.25) is 0 Å². The van der Waals surface area contributed by atoms with Gasteiger partial charge in [-0.3, -0.25) is 4.79 Å². The van der Waals surface area contributed by atoms with Gasteiger partial charge in [-0.05, 0) is 95.7 Å². The lowest BCUT2D eigenvalue weighted by molar-refractivity contribution is 0.101. The summed E-state index contributed by atoms with van der Waals surface area (Å²) < 4.78 is 0. The maximum Gasteiger partial charge on any atom is 0.198 e. The number of benzene rings is 1. The number of ketones is 1. The molecule has 33 heavy (non-hydrogen) atoms. The summed E-state index contributed by atoms with van der Waals surface area (Å²) in [7, 11) is 2.18. The van der Waals surface area contributed by atoms with Gasteiger partial charge in [-0.15, -0.1) is 0 Å². The van der Waals surface area contributed by atoms with E-state index in [4.69, 9.17) is 10.7 Å². The first kappa shape index (κ1) is 24.2. The molecule has 0 amide bonds. The van der Waals surface area contributed by atoms with E-state index in [-0.39, 0.29) is 5.78 Å². The number of nitrogens with two attached hydrogens (primary N) is 1. The van der Waals surface area contributed by atoms with Crippen molar-refractivity contribution in [2.24, 2.45) is 22.6 Å². The van der Waals surface area contributed by atoms with Gasteiger partial charge >= 0.3 is 0 Å². The van der Waals surface area contributed by atoms with Gasteiger partial charge in [-0.2, -0.15) is 0 Å². The quantitative estimate of drug-likeness (QED) is 0.393. The molecular formula is C27H43N5O. The Morgan fingerprint density at radius 1 is 1.00 bits per heavy atom. The highest BCUT2D eigenvalue weighted by atomic mass is 16.1. The molecule has 4 rings (SSSR count). The van der Waals surface area contributed by atoms with Crippen LogP contribution in [0.3, 0.4) is 0 Å². The number of hydrogen-bond donors (Lipinski definition) is 2. The second kappa shape index (κ2) is 11.5. The number of nitrogens with one attached hydrogen (secondary N) is 1. The number of Topliss-reactive ketones (excluding diaryl/α,β-unsaturated/α-hetero) is 1. The van der Waals surface area contributed by atoms with Crippen LogP contribution in [0.1, 0.15) is 75.1 Å². The molecule has 0 radical (unpaired) electrons. The molecule has 1 saturated heterocycles. The van der Waals surface area contributed by atoms with Crippen LogP contribution in [0, 0.1) is 11.8 Å². The van der Waals surface area contributed by atoms with Crippen molar-refractivity contribution in [2.45, 2.75) is 76.8 Å². The second-order valence-electron chi connectivity index (χ2n) is 10.7. The van der Waals surface area contributed by atoms with Gasteiger partial charge in [-0.25, -0.2) is 4.99 Å². The summed E-state index contributed by atoms with van der Waals surface area (Å²) in [6, 6.07) is 8.64. The molecule has 1 aromatic carbocycles. The Labute approximate surface area is 200 Å². The average molecular weight is 454 g/mol. The summed E-state index contributed by atoms with van der Waals surface area (Å²) in [6.07, 6.45) is 11.5. The van der Waals surface area contributed by atoms with Crippen LogP contribution in [0.2, 0.25) is 0 Å². The SMILES string of the molecule is CC(=O)c1cccc(NC(=NC2CCC(CC3CCC(N)CC3)CC2)N2CCN(C)CC2)c1. The van der Waals surface area contributed by atoms with E-state index in [0.717, 1.165) is 55.2 Å². The highest BCUT2D eigenvalue weighted by molar-refractivity contribution is 5.98. The van der Waals surface area contributed by atoms with Gasteiger partial charge in [0, 0.05) is 43.5 Å². The number of carbonyl (C=O) groups is 1. The molecule has 182 valence electrons. The maximum atomic E-state index is 11.8. The van der Waals surface area contributed by atoms with Crippen molar-refractivity contribution in [3.8, 4) is 0 Å². The predicted molar refractivity (Wildman–Crippen MR) is 137 cm³/mol. The smallest absolute Gasteiger partial charge is 0.198 e.